The molecule has 2 heterocycles. The number of carbonyl (C=O) groups is 3. The Hall–Kier alpha value is -4.30. The fourth-order valence-electron chi connectivity index (χ4n) is 3.28. The second-order valence-electron chi connectivity index (χ2n) is 7.59. The third-order valence-electron chi connectivity index (χ3n) is 4.92. The van der Waals surface area contributed by atoms with Gasteiger partial charge in [0.2, 0.25) is 5.16 Å². The summed E-state index contributed by atoms with van der Waals surface area (Å²) < 4.78 is 6.51. The van der Waals surface area contributed by atoms with E-state index in [1.165, 1.54) is 34.9 Å². The minimum Gasteiger partial charge on any atom is -0.496 e. The van der Waals surface area contributed by atoms with E-state index in [-0.39, 0.29) is 12.3 Å². The van der Waals surface area contributed by atoms with Gasteiger partial charge in [-0.05, 0) is 41.6 Å². The van der Waals surface area contributed by atoms with Crippen molar-refractivity contribution in [2.75, 3.05) is 17.7 Å². The number of hydrogen-bond acceptors (Lipinski definition) is 10. The van der Waals surface area contributed by atoms with E-state index < -0.39 is 12.0 Å². The molecule has 2 amide bonds. The highest BCUT2D eigenvalue weighted by molar-refractivity contribution is 7.98. The molecule has 0 unspecified atom stereocenters. The summed E-state index contributed by atoms with van der Waals surface area (Å²) in [6.07, 6.45) is 1.60. The molecule has 0 fully saturated rings. The molecule has 0 spiro atoms. The van der Waals surface area contributed by atoms with Gasteiger partial charge in [-0.2, -0.15) is 0 Å². The SMILES string of the molecule is COc1ccccc1C(=O)c1cc(C)ccc1NC(=O)Nc1ncc(CSc2nnnn2CC(=O)O)s1. The number of benzene rings is 2. The summed E-state index contributed by atoms with van der Waals surface area (Å²) in [6.45, 7) is 1.52. The van der Waals surface area contributed by atoms with Crippen LogP contribution in [0.25, 0.3) is 0 Å². The maximum Gasteiger partial charge on any atom is 0.325 e. The fourth-order valence-corrected chi connectivity index (χ4v) is 4.98. The number of nitrogens with one attached hydrogen (secondary N) is 2. The van der Waals surface area contributed by atoms with E-state index in [2.05, 4.69) is 31.1 Å². The predicted octanol–water partition coefficient (Wildman–Crippen LogP) is 3.70. The molecule has 3 N–H and O–H groups in total. The number of aliphatic carboxylic acids is 1. The highest BCUT2D eigenvalue weighted by Crippen LogP contribution is 2.28. The molecular weight excluding hydrogens is 518 g/mol. The predicted molar refractivity (Wildman–Crippen MR) is 137 cm³/mol. The number of tetrazole rings is 1. The van der Waals surface area contributed by atoms with Gasteiger partial charge in [0, 0.05) is 22.4 Å². The number of urea groups is 1. The van der Waals surface area contributed by atoms with Gasteiger partial charge < -0.3 is 15.2 Å². The number of rotatable bonds is 10. The van der Waals surface area contributed by atoms with Crippen molar-refractivity contribution in [3.05, 3.63) is 70.2 Å². The molecule has 190 valence electrons. The van der Waals surface area contributed by atoms with Crippen molar-refractivity contribution < 1.29 is 24.2 Å². The Morgan fingerprint density at radius 2 is 1.95 bits per heavy atom. The van der Waals surface area contributed by atoms with Crippen LogP contribution in [0.15, 0.2) is 53.8 Å². The number of methoxy groups -OCH3 is 1. The Morgan fingerprint density at radius 3 is 2.73 bits per heavy atom. The first-order valence-electron chi connectivity index (χ1n) is 10.8. The lowest BCUT2D eigenvalue weighted by Gasteiger charge is -2.13. The largest absolute Gasteiger partial charge is 0.496 e. The van der Waals surface area contributed by atoms with E-state index in [0.717, 1.165) is 10.4 Å². The van der Waals surface area contributed by atoms with Gasteiger partial charge in [-0.25, -0.2) is 14.5 Å². The molecule has 0 bridgehead atoms. The molecule has 4 rings (SSSR count). The third kappa shape index (κ3) is 6.48. The molecule has 0 aliphatic heterocycles. The van der Waals surface area contributed by atoms with E-state index in [4.69, 9.17) is 9.84 Å². The van der Waals surface area contributed by atoms with Gasteiger partial charge in [-0.3, -0.25) is 14.9 Å². The number of carboxylic acid groups (broad SMARTS) is 1. The summed E-state index contributed by atoms with van der Waals surface area (Å²) in [5.74, 6) is -0.466. The zero-order valence-electron chi connectivity index (χ0n) is 19.7. The lowest BCUT2D eigenvalue weighted by molar-refractivity contribution is -0.138. The molecule has 14 heteroatoms. The molecule has 0 saturated carbocycles. The van der Waals surface area contributed by atoms with Gasteiger partial charge in [-0.1, -0.05) is 35.5 Å². The van der Waals surface area contributed by atoms with Gasteiger partial charge >= 0.3 is 12.0 Å². The normalized spacial score (nSPS) is 10.6. The summed E-state index contributed by atoms with van der Waals surface area (Å²) in [4.78, 5) is 41.9. The Kier molecular flexibility index (Phi) is 8.10. The van der Waals surface area contributed by atoms with Crippen LogP contribution in [0.2, 0.25) is 0 Å². The molecule has 37 heavy (non-hydrogen) atoms. The van der Waals surface area contributed by atoms with Crippen LogP contribution in [0, 0.1) is 6.92 Å². The van der Waals surface area contributed by atoms with Crippen molar-refractivity contribution >= 4 is 51.7 Å². The Morgan fingerprint density at radius 1 is 1.14 bits per heavy atom. The number of aryl methyl sites for hydroxylation is 1. The summed E-state index contributed by atoms with van der Waals surface area (Å²) in [7, 11) is 1.49. The van der Waals surface area contributed by atoms with Gasteiger partial charge in [0.25, 0.3) is 0 Å². The number of para-hydroxylation sites is 1. The highest BCUT2D eigenvalue weighted by Gasteiger charge is 2.19. The molecule has 0 saturated heterocycles. The minimum atomic E-state index is -1.05. The topological polar surface area (TPSA) is 161 Å². The lowest BCUT2D eigenvalue weighted by Crippen LogP contribution is -2.21. The van der Waals surface area contributed by atoms with Crippen LogP contribution >= 0.6 is 23.1 Å². The Labute approximate surface area is 219 Å². The Bertz CT molecular complexity index is 1450. The molecular formula is C23H21N7O5S2. The molecule has 0 aliphatic rings. The van der Waals surface area contributed by atoms with Gasteiger partial charge in [0.15, 0.2) is 10.9 Å². The first-order valence-corrected chi connectivity index (χ1v) is 12.6. The monoisotopic (exact) mass is 539 g/mol. The molecule has 4 aromatic rings. The van der Waals surface area contributed by atoms with Crippen molar-refractivity contribution in [2.24, 2.45) is 0 Å². The van der Waals surface area contributed by atoms with Gasteiger partial charge in [0.05, 0.1) is 18.4 Å². The minimum absolute atomic E-state index is 0.282. The number of hydrogen-bond donors (Lipinski definition) is 3. The number of anilines is 2. The molecule has 0 atom stereocenters. The highest BCUT2D eigenvalue weighted by atomic mass is 32.2. The van der Waals surface area contributed by atoms with Crippen LogP contribution in [0.4, 0.5) is 15.6 Å². The summed E-state index contributed by atoms with van der Waals surface area (Å²) >= 11 is 2.50. The quantitative estimate of drug-likeness (QED) is 0.200. The summed E-state index contributed by atoms with van der Waals surface area (Å²) in [6, 6.07) is 11.5. The fraction of sp³-hybridized carbons (Fsp3) is 0.174. The number of carbonyl (C=O) groups excluding carboxylic acids is 2. The molecule has 0 radical (unpaired) electrons. The third-order valence-corrected chi connectivity index (χ3v) is 7.02. The number of ether oxygens (including phenoxy) is 1. The first-order chi connectivity index (χ1) is 17.8. The van der Waals surface area contributed by atoms with Gasteiger partial charge in [0.1, 0.15) is 12.3 Å². The maximum absolute atomic E-state index is 13.3. The molecule has 2 aromatic carbocycles. The summed E-state index contributed by atoms with van der Waals surface area (Å²) in [5.41, 5.74) is 1.92. The van der Waals surface area contributed by atoms with Crippen LogP contribution in [0.1, 0.15) is 26.4 Å². The van der Waals surface area contributed by atoms with E-state index in [1.807, 2.05) is 6.92 Å². The second-order valence-corrected chi connectivity index (χ2v) is 9.65. The standard InChI is InChI=1S/C23H21N7O5S2/c1-13-7-8-17(16(9-13)20(33)15-5-3-4-6-18(15)35-2)25-21(34)26-22-24-10-14(37-22)12-36-23-27-28-29-30(23)11-19(31)32/h3-10H,11-12H2,1-2H3,(H,31,32)(H2,24,25,26,34). The smallest absolute Gasteiger partial charge is 0.325 e. The van der Waals surface area contributed by atoms with Crippen LogP contribution in [0.5, 0.6) is 5.75 Å². The second kappa shape index (κ2) is 11.6. The van der Waals surface area contributed by atoms with Crippen molar-refractivity contribution in [2.45, 2.75) is 24.4 Å². The van der Waals surface area contributed by atoms with E-state index >= 15 is 0 Å². The number of thiazole rings is 1. The summed E-state index contributed by atoms with van der Waals surface area (Å²) in [5, 5.41) is 26.0. The number of carboxylic acids is 1. The van der Waals surface area contributed by atoms with Crippen molar-refractivity contribution in [1.82, 2.24) is 25.2 Å². The van der Waals surface area contributed by atoms with Crippen LogP contribution in [-0.2, 0) is 17.1 Å². The van der Waals surface area contributed by atoms with Crippen molar-refractivity contribution in [3.63, 3.8) is 0 Å². The number of nitrogens with zero attached hydrogens (tertiary/aromatic N) is 5. The van der Waals surface area contributed by atoms with Crippen LogP contribution in [-0.4, -0.2) is 55.2 Å². The van der Waals surface area contributed by atoms with Crippen molar-refractivity contribution in [1.29, 1.82) is 0 Å². The Balaban J connectivity index is 1.42. The van der Waals surface area contributed by atoms with E-state index in [1.54, 1.807) is 48.7 Å². The molecule has 2 aromatic heterocycles. The van der Waals surface area contributed by atoms with Crippen LogP contribution in [0.3, 0.4) is 0 Å². The average Bonchev–Trinajstić information content (AvgIpc) is 3.51. The van der Waals surface area contributed by atoms with Gasteiger partial charge in [-0.15, -0.1) is 16.4 Å². The van der Waals surface area contributed by atoms with E-state index in [9.17, 15) is 14.4 Å². The van der Waals surface area contributed by atoms with Crippen LogP contribution < -0.4 is 15.4 Å². The molecule has 12 nitrogen and oxygen atoms in total. The number of thioether (sulfide) groups is 1. The number of ketones is 1. The first kappa shape index (κ1) is 25.8. The van der Waals surface area contributed by atoms with Crippen molar-refractivity contribution in [3.8, 4) is 5.75 Å². The molecule has 0 aliphatic carbocycles. The maximum atomic E-state index is 13.3. The number of amides is 2. The number of aromatic nitrogens is 5. The zero-order chi connectivity index (χ0) is 26.4. The average molecular weight is 540 g/mol. The van der Waals surface area contributed by atoms with E-state index in [0.29, 0.717) is 38.6 Å². The zero-order valence-corrected chi connectivity index (χ0v) is 21.3. The lowest BCUT2D eigenvalue weighted by atomic mass is 9.99.